The number of thiazole rings is 1. The highest BCUT2D eigenvalue weighted by molar-refractivity contribution is 7.86. The van der Waals surface area contributed by atoms with Crippen molar-refractivity contribution in [1.82, 2.24) is 4.98 Å². The van der Waals surface area contributed by atoms with Gasteiger partial charge in [-0.3, -0.25) is 9.52 Å². The molecule has 1 heterocycles. The van der Waals surface area contributed by atoms with E-state index in [2.05, 4.69) is 15.0 Å². The van der Waals surface area contributed by atoms with Crippen molar-refractivity contribution in [2.45, 2.75) is 4.90 Å². The van der Waals surface area contributed by atoms with Gasteiger partial charge in [0.2, 0.25) is 0 Å². The molecule has 2 N–H and O–H groups in total. The fourth-order valence-electron chi connectivity index (χ4n) is 2.02. The second-order valence-corrected chi connectivity index (χ2v) is 7.02. The van der Waals surface area contributed by atoms with E-state index in [1.54, 1.807) is 67.2 Å². The van der Waals surface area contributed by atoms with Crippen LogP contribution >= 0.6 is 11.3 Å². The number of carbonyl (C=O) groups excluding carboxylic acids is 1. The van der Waals surface area contributed by atoms with Crippen molar-refractivity contribution < 1.29 is 13.7 Å². The van der Waals surface area contributed by atoms with E-state index >= 15 is 0 Å². The number of nitrogens with zero attached hydrogens (tertiary/aromatic N) is 1. The van der Waals surface area contributed by atoms with Crippen LogP contribution in [0.5, 0.6) is 5.75 Å². The van der Waals surface area contributed by atoms with E-state index in [-0.39, 0.29) is 5.91 Å². The third-order valence-electron chi connectivity index (χ3n) is 3.29. The molecule has 0 spiro atoms. The van der Waals surface area contributed by atoms with Gasteiger partial charge in [-0.1, -0.05) is 0 Å². The quantitative estimate of drug-likeness (QED) is 0.693. The normalized spacial score (nSPS) is 11.6. The maximum atomic E-state index is 12.2. The molecule has 3 rings (SSSR count). The summed E-state index contributed by atoms with van der Waals surface area (Å²) in [5.74, 6) is 0.466. The van der Waals surface area contributed by atoms with Gasteiger partial charge in [0.1, 0.15) is 5.75 Å². The fraction of sp³-hybridized carbons (Fsp3) is 0.0588. The van der Waals surface area contributed by atoms with Crippen molar-refractivity contribution in [3.05, 3.63) is 65.7 Å². The highest BCUT2D eigenvalue weighted by Crippen LogP contribution is 2.18. The molecule has 1 atom stereocenters. The van der Waals surface area contributed by atoms with E-state index in [9.17, 15) is 9.00 Å². The van der Waals surface area contributed by atoms with Gasteiger partial charge < -0.3 is 10.1 Å². The summed E-state index contributed by atoms with van der Waals surface area (Å²) in [6.45, 7) is 0. The SMILES string of the molecule is COc1ccc(C(=O)Nc2ccc([S@](=O)Nc3nccs3)cc2)cc1. The maximum Gasteiger partial charge on any atom is 0.255 e. The molecule has 8 heteroatoms. The first-order chi connectivity index (χ1) is 12.2. The summed E-state index contributed by atoms with van der Waals surface area (Å²) in [5.41, 5.74) is 1.15. The van der Waals surface area contributed by atoms with Crippen molar-refractivity contribution in [3.8, 4) is 5.75 Å². The lowest BCUT2D eigenvalue weighted by atomic mass is 10.2. The Balaban J connectivity index is 1.63. The van der Waals surface area contributed by atoms with Gasteiger partial charge in [0.05, 0.1) is 12.0 Å². The molecule has 1 aromatic heterocycles. The van der Waals surface area contributed by atoms with Gasteiger partial charge in [-0.25, -0.2) is 9.19 Å². The van der Waals surface area contributed by atoms with E-state index in [0.717, 1.165) is 0 Å². The van der Waals surface area contributed by atoms with Crippen molar-refractivity contribution >= 4 is 39.0 Å². The predicted molar refractivity (Wildman–Crippen MR) is 99.5 cm³/mol. The molecule has 0 saturated carbocycles. The number of benzene rings is 2. The Kier molecular flexibility index (Phi) is 5.42. The average molecular weight is 373 g/mol. The fourth-order valence-corrected chi connectivity index (χ4v) is 3.52. The Morgan fingerprint density at radius 2 is 1.84 bits per heavy atom. The monoisotopic (exact) mass is 373 g/mol. The Bertz CT molecular complexity index is 863. The standard InChI is InChI=1S/C17H15N3O3S2/c1-23-14-6-2-12(3-7-14)16(21)19-13-4-8-15(9-5-13)25(22)20-17-18-10-11-24-17/h2-11H,1H3,(H,18,20)(H,19,21)/t25-/m0/s1. The summed E-state index contributed by atoms with van der Waals surface area (Å²) in [4.78, 5) is 16.8. The van der Waals surface area contributed by atoms with Crippen molar-refractivity contribution in [1.29, 1.82) is 0 Å². The summed E-state index contributed by atoms with van der Waals surface area (Å²) >= 11 is 1.38. The van der Waals surface area contributed by atoms with Crippen LogP contribution in [0.2, 0.25) is 0 Å². The second-order valence-electron chi connectivity index (χ2n) is 4.92. The van der Waals surface area contributed by atoms with Gasteiger partial charge in [-0.2, -0.15) is 0 Å². The van der Waals surface area contributed by atoms with Crippen LogP contribution in [0.25, 0.3) is 0 Å². The first-order valence-electron chi connectivity index (χ1n) is 7.29. The number of hydrogen-bond acceptors (Lipinski definition) is 5. The first-order valence-corrected chi connectivity index (χ1v) is 9.32. The molecule has 2 aromatic carbocycles. The molecule has 3 aromatic rings. The van der Waals surface area contributed by atoms with E-state index in [0.29, 0.717) is 27.0 Å². The van der Waals surface area contributed by atoms with Crippen molar-refractivity contribution in [2.24, 2.45) is 0 Å². The zero-order valence-electron chi connectivity index (χ0n) is 13.3. The summed E-state index contributed by atoms with van der Waals surface area (Å²) in [6.07, 6.45) is 1.64. The molecular formula is C17H15N3O3S2. The highest BCUT2D eigenvalue weighted by atomic mass is 32.2. The minimum Gasteiger partial charge on any atom is -0.497 e. The zero-order chi connectivity index (χ0) is 17.6. The van der Waals surface area contributed by atoms with E-state index < -0.39 is 11.0 Å². The number of anilines is 2. The van der Waals surface area contributed by atoms with Gasteiger partial charge in [0.25, 0.3) is 5.91 Å². The van der Waals surface area contributed by atoms with E-state index in [1.807, 2.05) is 0 Å². The highest BCUT2D eigenvalue weighted by Gasteiger charge is 2.08. The molecule has 0 aliphatic rings. The number of hydrogen-bond donors (Lipinski definition) is 2. The Hall–Kier alpha value is -2.71. The summed E-state index contributed by atoms with van der Waals surface area (Å²) in [5, 5.41) is 5.19. The average Bonchev–Trinajstić information content (AvgIpc) is 3.15. The van der Waals surface area contributed by atoms with Crippen LogP contribution in [-0.4, -0.2) is 22.2 Å². The van der Waals surface area contributed by atoms with Crippen LogP contribution in [0, 0.1) is 0 Å². The lowest BCUT2D eigenvalue weighted by molar-refractivity contribution is 0.102. The van der Waals surface area contributed by atoms with Crippen LogP contribution in [0.3, 0.4) is 0 Å². The van der Waals surface area contributed by atoms with Crippen LogP contribution in [0.4, 0.5) is 10.8 Å². The third kappa shape index (κ3) is 4.43. The van der Waals surface area contributed by atoms with Gasteiger partial charge in [0, 0.05) is 22.8 Å². The Morgan fingerprint density at radius 3 is 2.44 bits per heavy atom. The number of methoxy groups -OCH3 is 1. The molecule has 25 heavy (non-hydrogen) atoms. The maximum absolute atomic E-state index is 12.2. The van der Waals surface area contributed by atoms with Crippen LogP contribution < -0.4 is 14.8 Å². The molecule has 0 fully saturated rings. The number of aromatic nitrogens is 1. The van der Waals surface area contributed by atoms with E-state index in [1.165, 1.54) is 11.3 Å². The largest absolute Gasteiger partial charge is 0.497 e. The minimum absolute atomic E-state index is 0.225. The molecule has 0 unspecified atom stereocenters. The first kappa shape index (κ1) is 17.1. The predicted octanol–water partition coefficient (Wildman–Crippen LogP) is 3.54. The topological polar surface area (TPSA) is 80.3 Å². The third-order valence-corrected chi connectivity index (χ3v) is 5.19. The number of rotatable bonds is 6. The van der Waals surface area contributed by atoms with Gasteiger partial charge in [-0.15, -0.1) is 11.3 Å². The number of ether oxygens (including phenoxy) is 1. The Morgan fingerprint density at radius 1 is 1.12 bits per heavy atom. The molecule has 0 aliphatic heterocycles. The molecule has 6 nitrogen and oxygen atoms in total. The van der Waals surface area contributed by atoms with E-state index in [4.69, 9.17) is 4.74 Å². The summed E-state index contributed by atoms with van der Waals surface area (Å²) in [7, 11) is 0.171. The molecule has 0 radical (unpaired) electrons. The number of carbonyl (C=O) groups is 1. The van der Waals surface area contributed by atoms with Crippen LogP contribution in [-0.2, 0) is 11.0 Å². The van der Waals surface area contributed by atoms with Gasteiger partial charge in [-0.05, 0) is 48.5 Å². The van der Waals surface area contributed by atoms with Crippen LogP contribution in [0.15, 0.2) is 65.0 Å². The lowest BCUT2D eigenvalue weighted by Gasteiger charge is -2.07. The molecule has 0 saturated heterocycles. The molecule has 0 bridgehead atoms. The lowest BCUT2D eigenvalue weighted by Crippen LogP contribution is -2.12. The zero-order valence-corrected chi connectivity index (χ0v) is 14.9. The van der Waals surface area contributed by atoms with Crippen molar-refractivity contribution in [2.75, 3.05) is 17.1 Å². The number of amides is 1. The van der Waals surface area contributed by atoms with Gasteiger partial charge in [0.15, 0.2) is 16.1 Å². The molecule has 128 valence electrons. The number of nitrogens with one attached hydrogen (secondary N) is 2. The molecule has 1 amide bonds. The summed E-state index contributed by atoms with van der Waals surface area (Å²) < 4.78 is 20.1. The molecular weight excluding hydrogens is 358 g/mol. The summed E-state index contributed by atoms with van der Waals surface area (Å²) in [6, 6.07) is 13.6. The Labute approximate surface area is 151 Å². The minimum atomic E-state index is -1.40. The second kappa shape index (κ2) is 7.91. The smallest absolute Gasteiger partial charge is 0.255 e. The van der Waals surface area contributed by atoms with Gasteiger partial charge >= 0.3 is 0 Å². The van der Waals surface area contributed by atoms with Crippen LogP contribution in [0.1, 0.15) is 10.4 Å². The molecule has 0 aliphatic carbocycles. The van der Waals surface area contributed by atoms with Crippen molar-refractivity contribution in [3.63, 3.8) is 0 Å².